The molecule has 2 aromatic rings. The van der Waals surface area contributed by atoms with Gasteiger partial charge in [-0.3, -0.25) is 9.59 Å². The average molecular weight is 498 g/mol. The first-order chi connectivity index (χ1) is 16.7. The molecule has 9 nitrogen and oxygen atoms in total. The van der Waals surface area contributed by atoms with Gasteiger partial charge in [-0.25, -0.2) is 4.79 Å². The normalized spacial score (nSPS) is 15.0. The predicted molar refractivity (Wildman–Crippen MR) is 135 cm³/mol. The topological polar surface area (TPSA) is 115 Å². The van der Waals surface area contributed by atoms with Crippen molar-refractivity contribution in [2.24, 2.45) is 0 Å². The van der Waals surface area contributed by atoms with E-state index in [4.69, 9.17) is 26.4 Å². The van der Waals surface area contributed by atoms with Crippen LogP contribution in [0.5, 0.6) is 11.5 Å². The molecule has 0 aliphatic carbocycles. The van der Waals surface area contributed by atoms with E-state index in [0.29, 0.717) is 39.1 Å². The molecule has 0 saturated carbocycles. The second-order valence-corrected chi connectivity index (χ2v) is 8.08. The van der Waals surface area contributed by atoms with Gasteiger partial charge in [0.05, 0.1) is 25.3 Å². The molecule has 1 amide bonds. The molecular weight excluding hydrogens is 470 g/mol. The van der Waals surface area contributed by atoms with Gasteiger partial charge in [0, 0.05) is 17.0 Å². The summed E-state index contributed by atoms with van der Waals surface area (Å²) in [5.41, 5.74) is 2.93. The summed E-state index contributed by atoms with van der Waals surface area (Å²) in [5, 5.41) is 9.21. The maximum absolute atomic E-state index is 12.4. The van der Waals surface area contributed by atoms with Gasteiger partial charge >= 0.3 is 5.97 Å². The molecule has 3 N–H and O–H groups in total. The van der Waals surface area contributed by atoms with E-state index in [1.807, 2.05) is 0 Å². The summed E-state index contributed by atoms with van der Waals surface area (Å²) in [7, 11) is 1.49. The zero-order valence-corrected chi connectivity index (χ0v) is 20.7. The molecule has 0 bridgehead atoms. The Labute approximate surface area is 208 Å². The maximum Gasteiger partial charge on any atom is 0.338 e. The van der Waals surface area contributed by atoms with Gasteiger partial charge in [-0.2, -0.15) is 0 Å². The van der Waals surface area contributed by atoms with Crippen molar-refractivity contribution >= 4 is 40.7 Å². The SMILES string of the molecule is CCOC(=O)c1ccc(NC(=O)COc2ccc(C3NC(=S)NC(C)=C3C(C)=O)cc2OC)cc1. The van der Waals surface area contributed by atoms with E-state index in [9.17, 15) is 14.4 Å². The zero-order valence-electron chi connectivity index (χ0n) is 19.9. The fourth-order valence-corrected chi connectivity index (χ4v) is 3.91. The highest BCUT2D eigenvalue weighted by Crippen LogP contribution is 2.34. The third kappa shape index (κ3) is 6.36. The third-order valence-electron chi connectivity index (χ3n) is 5.21. The Balaban J connectivity index is 1.67. The van der Waals surface area contributed by atoms with Crippen LogP contribution >= 0.6 is 12.2 Å². The lowest BCUT2D eigenvalue weighted by molar-refractivity contribution is -0.118. The van der Waals surface area contributed by atoms with Gasteiger partial charge in [0.1, 0.15) is 0 Å². The molecule has 1 aliphatic heterocycles. The Bertz CT molecular complexity index is 1180. The van der Waals surface area contributed by atoms with Crippen LogP contribution in [0, 0.1) is 0 Å². The van der Waals surface area contributed by atoms with Crippen LogP contribution in [0.25, 0.3) is 0 Å². The molecular formula is C25H27N3O6S. The quantitative estimate of drug-likeness (QED) is 0.355. The molecule has 1 aliphatic rings. The van der Waals surface area contributed by atoms with E-state index >= 15 is 0 Å². The average Bonchev–Trinajstić information content (AvgIpc) is 2.82. The van der Waals surface area contributed by atoms with Crippen molar-refractivity contribution in [3.63, 3.8) is 0 Å². The fourth-order valence-electron chi connectivity index (χ4n) is 3.64. The number of ether oxygens (including phenoxy) is 3. The number of thiocarbonyl (C=S) groups is 1. The molecule has 1 heterocycles. The van der Waals surface area contributed by atoms with Crippen molar-refractivity contribution < 1.29 is 28.6 Å². The number of nitrogens with one attached hydrogen (secondary N) is 3. The highest BCUT2D eigenvalue weighted by molar-refractivity contribution is 7.80. The fraction of sp³-hybridized carbons (Fsp3) is 0.280. The Hall–Kier alpha value is -3.92. The van der Waals surface area contributed by atoms with Crippen LogP contribution in [-0.4, -0.2) is 43.1 Å². The number of hydrogen-bond donors (Lipinski definition) is 3. The third-order valence-corrected chi connectivity index (χ3v) is 5.43. The summed E-state index contributed by atoms with van der Waals surface area (Å²) in [6.07, 6.45) is 0. The lowest BCUT2D eigenvalue weighted by Crippen LogP contribution is -2.44. The summed E-state index contributed by atoms with van der Waals surface area (Å²) in [6, 6.07) is 11.1. The minimum atomic E-state index is -0.440. The van der Waals surface area contributed by atoms with E-state index in [1.165, 1.54) is 14.0 Å². The van der Waals surface area contributed by atoms with Gasteiger partial charge in [-0.1, -0.05) is 6.07 Å². The van der Waals surface area contributed by atoms with Crippen LogP contribution in [0.15, 0.2) is 53.7 Å². The molecule has 2 aromatic carbocycles. The van der Waals surface area contributed by atoms with Gasteiger partial charge in [0.15, 0.2) is 29.0 Å². The van der Waals surface area contributed by atoms with E-state index in [0.717, 1.165) is 5.56 Å². The number of hydrogen-bond acceptors (Lipinski definition) is 7. The maximum atomic E-state index is 12.4. The molecule has 0 fully saturated rings. The minimum Gasteiger partial charge on any atom is -0.493 e. The summed E-state index contributed by atoms with van der Waals surface area (Å²) in [4.78, 5) is 36.3. The largest absolute Gasteiger partial charge is 0.493 e. The van der Waals surface area contributed by atoms with Crippen LogP contribution in [0.1, 0.15) is 42.7 Å². The van der Waals surface area contributed by atoms with E-state index in [2.05, 4.69) is 16.0 Å². The number of benzene rings is 2. The predicted octanol–water partition coefficient (Wildman–Crippen LogP) is 3.27. The molecule has 184 valence electrons. The lowest BCUT2D eigenvalue weighted by atomic mass is 9.93. The van der Waals surface area contributed by atoms with E-state index < -0.39 is 12.0 Å². The van der Waals surface area contributed by atoms with Gasteiger partial charge in [0.2, 0.25) is 0 Å². The number of ketones is 1. The van der Waals surface area contributed by atoms with Crippen LogP contribution in [0.2, 0.25) is 0 Å². The van der Waals surface area contributed by atoms with Crippen molar-refractivity contribution in [2.45, 2.75) is 26.8 Å². The van der Waals surface area contributed by atoms with Crippen LogP contribution in [-0.2, 0) is 14.3 Å². The van der Waals surface area contributed by atoms with Crippen molar-refractivity contribution in [3.05, 3.63) is 64.9 Å². The van der Waals surface area contributed by atoms with Crippen molar-refractivity contribution in [1.82, 2.24) is 10.6 Å². The monoisotopic (exact) mass is 497 g/mol. The van der Waals surface area contributed by atoms with Gasteiger partial charge in [-0.15, -0.1) is 0 Å². The number of esters is 1. The van der Waals surface area contributed by atoms with Gasteiger partial charge in [0.25, 0.3) is 5.91 Å². The molecule has 1 atom stereocenters. The highest BCUT2D eigenvalue weighted by Gasteiger charge is 2.28. The second kappa shape index (κ2) is 11.5. The number of amides is 1. The molecule has 3 rings (SSSR count). The summed E-state index contributed by atoms with van der Waals surface area (Å²) >= 11 is 5.25. The first kappa shape index (κ1) is 25.7. The molecule has 0 spiro atoms. The number of anilines is 1. The first-order valence-corrected chi connectivity index (χ1v) is 11.3. The lowest BCUT2D eigenvalue weighted by Gasteiger charge is -2.30. The van der Waals surface area contributed by atoms with Crippen molar-refractivity contribution in [2.75, 3.05) is 25.6 Å². The number of rotatable bonds is 9. The Morgan fingerprint density at radius 1 is 1.09 bits per heavy atom. The molecule has 0 radical (unpaired) electrons. The van der Waals surface area contributed by atoms with Crippen LogP contribution in [0.4, 0.5) is 5.69 Å². The Morgan fingerprint density at radius 3 is 2.43 bits per heavy atom. The minimum absolute atomic E-state index is 0.0822. The van der Waals surface area contributed by atoms with Gasteiger partial charge < -0.3 is 30.2 Å². The second-order valence-electron chi connectivity index (χ2n) is 7.67. The molecule has 10 heteroatoms. The van der Waals surface area contributed by atoms with Gasteiger partial charge in [-0.05, 0) is 75.0 Å². The number of Topliss-reactive ketones (excluding diaryl/α,β-unsaturated/α-hetero) is 1. The molecule has 0 saturated heterocycles. The van der Waals surface area contributed by atoms with Crippen LogP contribution < -0.4 is 25.4 Å². The number of allylic oxidation sites excluding steroid dienone is 1. The number of carbonyl (C=O) groups is 3. The number of methoxy groups -OCH3 is 1. The highest BCUT2D eigenvalue weighted by atomic mass is 32.1. The van der Waals surface area contributed by atoms with Crippen molar-refractivity contribution in [1.29, 1.82) is 0 Å². The molecule has 1 unspecified atom stereocenters. The summed E-state index contributed by atoms with van der Waals surface area (Å²) in [5.74, 6) is -0.123. The zero-order chi connectivity index (χ0) is 25.5. The first-order valence-electron chi connectivity index (χ1n) is 10.9. The van der Waals surface area contributed by atoms with E-state index in [-0.39, 0.29) is 24.9 Å². The molecule has 0 aromatic heterocycles. The Morgan fingerprint density at radius 2 is 1.80 bits per heavy atom. The smallest absolute Gasteiger partial charge is 0.338 e. The summed E-state index contributed by atoms with van der Waals surface area (Å²) in [6.45, 7) is 5.06. The van der Waals surface area contributed by atoms with E-state index in [1.54, 1.807) is 56.3 Å². The number of carbonyl (C=O) groups excluding carboxylic acids is 3. The van der Waals surface area contributed by atoms with Crippen LogP contribution in [0.3, 0.4) is 0 Å². The summed E-state index contributed by atoms with van der Waals surface area (Å²) < 4.78 is 16.1. The Kier molecular flexibility index (Phi) is 8.43. The van der Waals surface area contributed by atoms with Crippen molar-refractivity contribution in [3.8, 4) is 11.5 Å². The molecule has 35 heavy (non-hydrogen) atoms. The standard InChI is InChI=1S/C25H27N3O6S/c1-5-33-24(31)16-6-9-18(10-7-16)27-21(30)13-34-19-11-8-17(12-20(19)32-4)23-22(15(3)29)14(2)26-25(35)28-23/h6-12,23H,5,13H2,1-4H3,(H,27,30)(H2,26,28,35).